The van der Waals surface area contributed by atoms with Gasteiger partial charge in [-0.15, -0.1) is 0 Å². The molecule has 5 nitrogen and oxygen atoms in total. The first-order valence-electron chi connectivity index (χ1n) is 7.75. The number of rotatable bonds is 4. The fourth-order valence-corrected chi connectivity index (χ4v) is 5.09. The fourth-order valence-electron chi connectivity index (χ4n) is 3.35. The van der Waals surface area contributed by atoms with Gasteiger partial charge in [-0.2, -0.15) is 4.31 Å². The number of aryl methyl sites for hydroxylation is 2. The summed E-state index contributed by atoms with van der Waals surface area (Å²) in [6.07, 6.45) is 0. The van der Waals surface area contributed by atoms with Crippen LogP contribution in [0.3, 0.4) is 0 Å². The quantitative estimate of drug-likeness (QED) is 0.930. The van der Waals surface area contributed by atoms with Crippen molar-refractivity contribution < 1.29 is 12.8 Å². The van der Waals surface area contributed by atoms with Gasteiger partial charge in [0, 0.05) is 19.0 Å². The van der Waals surface area contributed by atoms with E-state index in [1.54, 1.807) is 24.2 Å². The summed E-state index contributed by atoms with van der Waals surface area (Å²) < 4.78 is 32.8. The van der Waals surface area contributed by atoms with Gasteiger partial charge in [0.05, 0.1) is 0 Å². The van der Waals surface area contributed by atoms with Crippen LogP contribution in [0.25, 0.3) is 0 Å². The summed E-state index contributed by atoms with van der Waals surface area (Å²) in [6, 6.07) is 11.6. The minimum atomic E-state index is -3.55. The third-order valence-electron chi connectivity index (χ3n) is 4.55. The number of nitrogens with two attached hydrogens (primary N) is 1. The maximum atomic E-state index is 12.9. The number of benzene rings is 1. The van der Waals surface area contributed by atoms with Gasteiger partial charge in [0.2, 0.25) is 10.0 Å². The molecule has 2 atom stereocenters. The maximum absolute atomic E-state index is 12.9. The van der Waals surface area contributed by atoms with Crippen LogP contribution in [0.15, 0.2) is 45.7 Å². The zero-order chi connectivity index (χ0) is 16.6. The smallest absolute Gasteiger partial charge is 0.246 e. The highest BCUT2D eigenvalue weighted by atomic mass is 32.2. The van der Waals surface area contributed by atoms with E-state index in [1.807, 2.05) is 30.3 Å². The van der Waals surface area contributed by atoms with E-state index in [4.69, 9.17) is 10.2 Å². The Labute approximate surface area is 137 Å². The summed E-state index contributed by atoms with van der Waals surface area (Å²) >= 11 is 0. The number of nitrogens with zero attached hydrogens (tertiary/aromatic N) is 1. The first kappa shape index (κ1) is 16.2. The Balaban J connectivity index is 1.92. The van der Waals surface area contributed by atoms with Crippen LogP contribution in [-0.4, -0.2) is 32.4 Å². The Hall–Kier alpha value is -1.63. The molecule has 2 heterocycles. The molecular formula is C17H22N2O3S. The van der Waals surface area contributed by atoms with Crippen LogP contribution in [0.1, 0.15) is 23.0 Å². The van der Waals surface area contributed by atoms with Crippen molar-refractivity contribution in [3.63, 3.8) is 0 Å². The highest BCUT2D eigenvalue weighted by molar-refractivity contribution is 7.89. The molecule has 0 bridgehead atoms. The van der Waals surface area contributed by atoms with E-state index in [9.17, 15) is 8.42 Å². The predicted octanol–water partition coefficient (Wildman–Crippen LogP) is 2.26. The van der Waals surface area contributed by atoms with Crippen molar-refractivity contribution in [1.82, 2.24) is 4.31 Å². The van der Waals surface area contributed by atoms with Crippen molar-refractivity contribution >= 4 is 10.0 Å². The molecule has 0 aliphatic carbocycles. The fraction of sp³-hybridized carbons (Fsp3) is 0.412. The lowest BCUT2D eigenvalue weighted by molar-refractivity contribution is 0.453. The van der Waals surface area contributed by atoms with Crippen molar-refractivity contribution in [2.45, 2.75) is 24.7 Å². The van der Waals surface area contributed by atoms with E-state index < -0.39 is 10.0 Å². The van der Waals surface area contributed by atoms with Gasteiger partial charge in [-0.25, -0.2) is 8.42 Å². The van der Waals surface area contributed by atoms with Crippen molar-refractivity contribution in [3.05, 3.63) is 53.5 Å². The molecule has 2 aromatic rings. The van der Waals surface area contributed by atoms with E-state index in [1.165, 1.54) is 0 Å². The molecule has 0 saturated carbocycles. The highest BCUT2D eigenvalue weighted by Gasteiger charge is 2.40. The van der Waals surface area contributed by atoms with Gasteiger partial charge in [-0.1, -0.05) is 30.3 Å². The molecule has 1 aliphatic heterocycles. The van der Waals surface area contributed by atoms with Crippen LogP contribution < -0.4 is 5.73 Å². The zero-order valence-electron chi connectivity index (χ0n) is 13.4. The summed E-state index contributed by atoms with van der Waals surface area (Å²) in [4.78, 5) is 0.263. The van der Waals surface area contributed by atoms with Crippen molar-refractivity contribution in [2.75, 3.05) is 19.6 Å². The van der Waals surface area contributed by atoms with Crippen molar-refractivity contribution in [3.8, 4) is 0 Å². The Morgan fingerprint density at radius 1 is 1.22 bits per heavy atom. The Kier molecular flexibility index (Phi) is 4.31. The molecular weight excluding hydrogens is 312 g/mol. The predicted molar refractivity (Wildman–Crippen MR) is 88.7 cm³/mol. The van der Waals surface area contributed by atoms with Gasteiger partial charge < -0.3 is 10.2 Å². The topological polar surface area (TPSA) is 76.5 Å². The first-order chi connectivity index (χ1) is 10.9. The van der Waals surface area contributed by atoms with Gasteiger partial charge >= 0.3 is 0 Å². The van der Waals surface area contributed by atoms with Crippen LogP contribution in [-0.2, 0) is 10.0 Å². The average molecular weight is 334 g/mol. The van der Waals surface area contributed by atoms with Crippen LogP contribution >= 0.6 is 0 Å². The lowest BCUT2D eigenvalue weighted by atomic mass is 9.89. The molecule has 124 valence electrons. The molecule has 1 saturated heterocycles. The van der Waals surface area contributed by atoms with Crippen LogP contribution in [0.5, 0.6) is 0 Å². The van der Waals surface area contributed by atoms with Gasteiger partial charge in [-0.3, -0.25) is 0 Å². The first-order valence-corrected chi connectivity index (χ1v) is 9.19. The van der Waals surface area contributed by atoms with Gasteiger partial charge in [0.1, 0.15) is 16.4 Å². The van der Waals surface area contributed by atoms with Crippen molar-refractivity contribution in [1.29, 1.82) is 0 Å². The summed E-state index contributed by atoms with van der Waals surface area (Å²) in [7, 11) is -3.55. The monoisotopic (exact) mass is 334 g/mol. The molecule has 23 heavy (non-hydrogen) atoms. The van der Waals surface area contributed by atoms with Crippen LogP contribution in [0.2, 0.25) is 0 Å². The number of furan rings is 1. The van der Waals surface area contributed by atoms with Crippen LogP contribution in [0.4, 0.5) is 0 Å². The summed E-state index contributed by atoms with van der Waals surface area (Å²) in [5.74, 6) is 1.30. The Bertz CT molecular complexity index is 783. The molecule has 2 N–H and O–H groups in total. The third kappa shape index (κ3) is 2.94. The molecule has 0 spiro atoms. The number of sulfonamides is 1. The normalized spacial score (nSPS) is 22.6. The van der Waals surface area contributed by atoms with E-state index in [0.29, 0.717) is 31.2 Å². The summed E-state index contributed by atoms with van der Waals surface area (Å²) in [6.45, 7) is 4.81. The molecule has 0 unspecified atom stereocenters. The number of hydrogen-bond acceptors (Lipinski definition) is 4. The standard InChI is InChI=1S/C17H22N2O3S/c1-12-8-17(13(2)22-12)23(20,21)19-10-15(9-18)16(11-19)14-6-4-3-5-7-14/h3-8,15-16H,9-11,18H2,1-2H3/t15-,16+/m1/s1. The van der Waals surface area contributed by atoms with E-state index in [2.05, 4.69) is 0 Å². The van der Waals surface area contributed by atoms with Gasteiger partial charge in [0.25, 0.3) is 0 Å². The molecule has 0 amide bonds. The number of hydrogen-bond donors (Lipinski definition) is 1. The minimum Gasteiger partial charge on any atom is -0.465 e. The Morgan fingerprint density at radius 2 is 1.91 bits per heavy atom. The van der Waals surface area contributed by atoms with Gasteiger partial charge in [0.15, 0.2) is 0 Å². The van der Waals surface area contributed by atoms with Gasteiger partial charge in [-0.05, 0) is 37.9 Å². The maximum Gasteiger partial charge on any atom is 0.246 e. The SMILES string of the molecule is Cc1cc(S(=O)(=O)N2C[C@@H](CN)[C@H](c3ccccc3)C2)c(C)o1. The average Bonchev–Trinajstić information content (AvgIpc) is 3.12. The minimum absolute atomic E-state index is 0.125. The molecule has 1 aromatic carbocycles. The van der Waals surface area contributed by atoms with E-state index in [0.717, 1.165) is 5.56 Å². The second-order valence-electron chi connectivity index (χ2n) is 6.11. The Morgan fingerprint density at radius 3 is 2.48 bits per heavy atom. The van der Waals surface area contributed by atoms with Crippen molar-refractivity contribution in [2.24, 2.45) is 11.7 Å². The lowest BCUT2D eigenvalue weighted by Crippen LogP contribution is -2.30. The van der Waals surface area contributed by atoms with Crippen LogP contribution in [0, 0.1) is 19.8 Å². The molecule has 6 heteroatoms. The molecule has 0 radical (unpaired) electrons. The summed E-state index contributed by atoms with van der Waals surface area (Å²) in [5.41, 5.74) is 7.04. The second-order valence-corrected chi connectivity index (χ2v) is 8.02. The second kappa shape index (κ2) is 6.11. The zero-order valence-corrected chi connectivity index (χ0v) is 14.2. The molecule has 3 rings (SSSR count). The lowest BCUT2D eigenvalue weighted by Gasteiger charge is -2.16. The third-order valence-corrected chi connectivity index (χ3v) is 6.49. The molecule has 1 aliphatic rings. The highest BCUT2D eigenvalue weighted by Crippen LogP contribution is 2.36. The molecule has 1 fully saturated rings. The molecule has 1 aromatic heterocycles. The summed E-state index contributed by atoms with van der Waals surface area (Å²) in [5, 5.41) is 0. The van der Waals surface area contributed by atoms with E-state index in [-0.39, 0.29) is 16.7 Å². The largest absolute Gasteiger partial charge is 0.465 e. The van der Waals surface area contributed by atoms with E-state index >= 15 is 0 Å².